The maximum atomic E-state index is 14.0. The van der Waals surface area contributed by atoms with Crippen LogP contribution in [0.15, 0.2) is 44.2 Å². The number of hydrogen-bond acceptors (Lipinski definition) is 8. The molecule has 4 atom stereocenters. The minimum atomic E-state index is -4.32. The number of sulfonamides is 2. The largest absolute Gasteiger partial charge is 0.511 e. The van der Waals surface area contributed by atoms with Gasteiger partial charge in [-0.3, -0.25) is 4.79 Å². The van der Waals surface area contributed by atoms with Crippen LogP contribution in [-0.4, -0.2) is 50.9 Å². The van der Waals surface area contributed by atoms with Gasteiger partial charge in [-0.25, -0.2) is 17.5 Å². The molecule has 10 nitrogen and oxygen atoms in total. The molecule has 0 radical (unpaired) electrons. The lowest BCUT2D eigenvalue weighted by Gasteiger charge is -2.44. The summed E-state index contributed by atoms with van der Waals surface area (Å²) in [4.78, 5) is 15.5. The van der Waals surface area contributed by atoms with Crippen LogP contribution in [0.25, 0.3) is 0 Å². The molecular weight excluding hydrogens is 567 g/mol. The van der Waals surface area contributed by atoms with E-state index in [-0.39, 0.29) is 75.3 Å². The number of carbonyl (C=O) groups excluding carboxylic acids is 1. The number of nitrogens with zero attached hydrogens (tertiary/aromatic N) is 2. The first-order valence-electron chi connectivity index (χ1n) is 12.5. The highest BCUT2D eigenvalue weighted by Crippen LogP contribution is 2.55. The second kappa shape index (κ2) is 9.11. The Balaban J connectivity index is 1.39. The number of anilines is 1. The van der Waals surface area contributed by atoms with E-state index in [1.54, 1.807) is 24.0 Å². The number of amidine groups is 1. The second-order valence-electron chi connectivity index (χ2n) is 10.7. The summed E-state index contributed by atoms with van der Waals surface area (Å²) in [5, 5.41) is 16.1. The summed E-state index contributed by atoms with van der Waals surface area (Å²) in [7, 11) is -7.88. The molecule has 3 heterocycles. The number of carbonyl (C=O) groups is 1. The van der Waals surface area contributed by atoms with Crippen molar-refractivity contribution >= 4 is 48.1 Å². The summed E-state index contributed by atoms with van der Waals surface area (Å²) < 4.78 is 69.7. The topological polar surface area (TPSA) is 145 Å². The van der Waals surface area contributed by atoms with Crippen LogP contribution in [0.4, 0.5) is 9.39 Å². The van der Waals surface area contributed by atoms with E-state index in [4.69, 9.17) is 0 Å². The smallest absolute Gasteiger partial charge is 0.287 e. The standard InChI is InChI=1S/C25H27FN4O6S3/c1-12-7-13(3-6-17(12)26)10-30-20-15-5-4-14(8-15)18(20)21(31)19(25(30)32)23-28-24-22(39(35,36)29-23)16(11-37-24)9-27-38(2,33)34/h3,6-7,11,14-15,18,20,27,31H,4-5,8-10H2,1-2H3,(H,28,29)/t14-,15+,18-,20+/m1/s1. The van der Waals surface area contributed by atoms with Crippen molar-refractivity contribution in [2.45, 2.75) is 50.2 Å². The van der Waals surface area contributed by atoms with Crippen LogP contribution in [0.3, 0.4) is 0 Å². The number of aliphatic hydroxyl groups excluding tert-OH is 1. The van der Waals surface area contributed by atoms with Crippen molar-refractivity contribution in [2.24, 2.45) is 22.2 Å². The number of rotatable bonds is 6. The van der Waals surface area contributed by atoms with Gasteiger partial charge < -0.3 is 15.3 Å². The molecule has 39 heavy (non-hydrogen) atoms. The fourth-order valence-corrected chi connectivity index (χ4v) is 9.56. The fourth-order valence-electron chi connectivity index (χ4n) is 6.54. The number of thiophene rings is 1. The normalized spacial score (nSPS) is 27.3. The molecule has 2 aliphatic heterocycles. The third kappa shape index (κ3) is 4.46. The van der Waals surface area contributed by atoms with Crippen molar-refractivity contribution in [1.82, 2.24) is 9.62 Å². The van der Waals surface area contributed by atoms with Gasteiger partial charge in [-0.1, -0.05) is 12.1 Å². The highest BCUT2D eigenvalue weighted by molar-refractivity contribution is 7.91. The number of fused-ring (bicyclic) bond motifs is 6. The van der Waals surface area contributed by atoms with Gasteiger partial charge in [0.05, 0.1) is 6.26 Å². The molecule has 1 aromatic heterocycles. The number of benzene rings is 1. The molecule has 1 amide bonds. The van der Waals surface area contributed by atoms with Crippen molar-refractivity contribution in [1.29, 1.82) is 0 Å². The molecule has 4 aliphatic rings. The zero-order chi connectivity index (χ0) is 27.9. The predicted molar refractivity (Wildman–Crippen MR) is 144 cm³/mol. The molecule has 0 spiro atoms. The van der Waals surface area contributed by atoms with E-state index in [9.17, 15) is 31.1 Å². The lowest BCUT2D eigenvalue weighted by molar-refractivity contribution is -0.134. The second-order valence-corrected chi connectivity index (χ2v) is 14.9. The summed E-state index contributed by atoms with van der Waals surface area (Å²) in [6.07, 6.45) is 3.69. The van der Waals surface area contributed by atoms with Gasteiger partial charge in [0.25, 0.3) is 15.9 Å². The van der Waals surface area contributed by atoms with E-state index >= 15 is 0 Å². The molecule has 2 aliphatic carbocycles. The van der Waals surface area contributed by atoms with Crippen molar-refractivity contribution < 1.29 is 31.1 Å². The van der Waals surface area contributed by atoms with Crippen LogP contribution >= 0.6 is 11.3 Å². The average molecular weight is 595 g/mol. The molecule has 3 N–H and O–H groups in total. The van der Waals surface area contributed by atoms with E-state index < -0.39 is 26.0 Å². The molecule has 2 aromatic rings. The summed E-state index contributed by atoms with van der Waals surface area (Å²) in [6.45, 7) is 1.60. The number of amides is 1. The Bertz CT molecular complexity index is 1680. The zero-order valence-corrected chi connectivity index (χ0v) is 23.6. The van der Waals surface area contributed by atoms with Crippen LogP contribution in [0, 0.1) is 30.5 Å². The van der Waals surface area contributed by atoms with Crippen LogP contribution in [0.5, 0.6) is 0 Å². The Morgan fingerprint density at radius 1 is 1.28 bits per heavy atom. The molecule has 2 bridgehead atoms. The molecule has 0 unspecified atom stereocenters. The number of aliphatic hydroxyl groups is 1. The van der Waals surface area contributed by atoms with Gasteiger partial charge in [-0.15, -0.1) is 15.7 Å². The summed E-state index contributed by atoms with van der Waals surface area (Å²) >= 11 is 1.04. The van der Waals surface area contributed by atoms with Gasteiger partial charge in [-0.2, -0.15) is 8.42 Å². The number of nitrogens with one attached hydrogen (secondary N) is 2. The molecular formula is C25H27FN4O6S3. The van der Waals surface area contributed by atoms with Gasteiger partial charge in [0, 0.05) is 30.6 Å². The number of hydrogen-bond donors (Lipinski definition) is 3. The Kier molecular flexibility index (Phi) is 6.17. The Morgan fingerprint density at radius 2 is 2.03 bits per heavy atom. The van der Waals surface area contributed by atoms with E-state index in [2.05, 4.69) is 14.4 Å². The summed E-state index contributed by atoms with van der Waals surface area (Å²) in [5.41, 5.74) is 1.24. The van der Waals surface area contributed by atoms with Crippen LogP contribution in [0.2, 0.25) is 0 Å². The lowest BCUT2D eigenvalue weighted by Crippen LogP contribution is -2.53. The molecule has 6 rings (SSSR count). The quantitative estimate of drug-likeness (QED) is 0.466. The van der Waals surface area contributed by atoms with Crippen molar-refractivity contribution in [3.63, 3.8) is 0 Å². The van der Waals surface area contributed by atoms with Gasteiger partial charge in [-0.05, 0) is 60.6 Å². The summed E-state index contributed by atoms with van der Waals surface area (Å²) in [6, 6.07) is 4.44. The van der Waals surface area contributed by atoms with Crippen LogP contribution in [0.1, 0.15) is 36.0 Å². The van der Waals surface area contributed by atoms with Gasteiger partial charge in [0.1, 0.15) is 27.0 Å². The predicted octanol–water partition coefficient (Wildman–Crippen LogP) is 3.03. The third-order valence-corrected chi connectivity index (χ3v) is 11.3. The Morgan fingerprint density at radius 3 is 2.74 bits per heavy atom. The molecule has 1 aromatic carbocycles. The van der Waals surface area contributed by atoms with Gasteiger partial charge in [0.15, 0.2) is 5.84 Å². The maximum absolute atomic E-state index is 14.0. The first-order valence-corrected chi connectivity index (χ1v) is 16.7. The van der Waals surface area contributed by atoms with E-state index in [1.807, 2.05) is 0 Å². The molecule has 2 fully saturated rings. The SMILES string of the molecule is Cc1cc(CN2C(=O)C(C3=NS(=O)(=O)c4c(CNS(C)(=O)=O)csc4N3)=C(O)[C@@H]3[C@@H]4CC[C@@H](C4)[C@@H]32)ccc1F. The number of aryl methyl sites for hydroxylation is 1. The van der Waals surface area contributed by atoms with Crippen molar-refractivity contribution in [3.05, 3.63) is 57.4 Å². The van der Waals surface area contributed by atoms with E-state index in [0.29, 0.717) is 5.56 Å². The first kappa shape index (κ1) is 26.4. The Hall–Kier alpha value is -2.81. The highest BCUT2D eigenvalue weighted by atomic mass is 32.2. The number of halogens is 1. The summed E-state index contributed by atoms with van der Waals surface area (Å²) in [5.74, 6) is -1.25. The molecule has 14 heteroatoms. The average Bonchev–Trinajstić information content (AvgIpc) is 3.57. The molecule has 2 saturated carbocycles. The Labute approximate surface area is 229 Å². The third-order valence-electron chi connectivity index (χ3n) is 8.13. The lowest BCUT2D eigenvalue weighted by atomic mass is 9.77. The van der Waals surface area contributed by atoms with E-state index in [1.165, 1.54) is 11.4 Å². The zero-order valence-electron chi connectivity index (χ0n) is 21.1. The fraction of sp³-hybridized carbons (Fsp3) is 0.440. The van der Waals surface area contributed by atoms with Crippen LogP contribution < -0.4 is 10.0 Å². The van der Waals surface area contributed by atoms with E-state index in [0.717, 1.165) is 42.4 Å². The maximum Gasteiger partial charge on any atom is 0.287 e. The molecule has 208 valence electrons. The van der Waals surface area contributed by atoms with Crippen molar-refractivity contribution in [2.75, 3.05) is 11.6 Å². The monoisotopic (exact) mass is 594 g/mol. The minimum absolute atomic E-state index is 0.149. The first-order chi connectivity index (χ1) is 18.3. The van der Waals surface area contributed by atoms with Crippen LogP contribution in [-0.2, 0) is 37.9 Å². The minimum Gasteiger partial charge on any atom is -0.511 e. The van der Waals surface area contributed by atoms with Crippen molar-refractivity contribution in [3.8, 4) is 0 Å². The van der Waals surface area contributed by atoms with Gasteiger partial charge in [0.2, 0.25) is 10.0 Å². The van der Waals surface area contributed by atoms with Gasteiger partial charge >= 0.3 is 0 Å². The molecule has 0 saturated heterocycles. The highest BCUT2D eigenvalue weighted by Gasteiger charge is 2.57.